The van der Waals surface area contributed by atoms with Crippen LogP contribution in [0.25, 0.3) is 0 Å². The first-order valence-electron chi connectivity index (χ1n) is 5.86. The van der Waals surface area contributed by atoms with E-state index >= 15 is 0 Å². The van der Waals surface area contributed by atoms with Crippen LogP contribution in [0.3, 0.4) is 0 Å². The van der Waals surface area contributed by atoms with Gasteiger partial charge in [-0.2, -0.15) is 11.8 Å². The summed E-state index contributed by atoms with van der Waals surface area (Å²) in [5.41, 5.74) is 1.15. The number of thioether (sulfide) groups is 1. The minimum Gasteiger partial charge on any atom is -0.315 e. The summed E-state index contributed by atoms with van der Waals surface area (Å²) in [5, 5.41) is 6.90. The van der Waals surface area contributed by atoms with Gasteiger partial charge in [0.1, 0.15) is 0 Å². The highest BCUT2D eigenvalue weighted by Crippen LogP contribution is 2.41. The molecule has 1 aliphatic heterocycles. The van der Waals surface area contributed by atoms with Gasteiger partial charge in [0.05, 0.1) is 5.01 Å². The predicted molar refractivity (Wildman–Crippen MR) is 73.5 cm³/mol. The van der Waals surface area contributed by atoms with Gasteiger partial charge in [-0.05, 0) is 39.5 Å². The average molecular weight is 256 g/mol. The van der Waals surface area contributed by atoms with Crippen LogP contribution in [0.1, 0.15) is 30.5 Å². The molecule has 16 heavy (non-hydrogen) atoms. The zero-order chi connectivity index (χ0) is 11.6. The van der Waals surface area contributed by atoms with Crippen LogP contribution in [0.2, 0.25) is 0 Å². The number of hydrogen-bond acceptors (Lipinski definition) is 4. The first-order valence-corrected chi connectivity index (χ1v) is 7.73. The molecule has 1 aromatic heterocycles. The Morgan fingerprint density at radius 3 is 2.94 bits per heavy atom. The van der Waals surface area contributed by atoms with Crippen LogP contribution in [0.4, 0.5) is 0 Å². The minimum atomic E-state index is 0.397. The van der Waals surface area contributed by atoms with Gasteiger partial charge < -0.3 is 5.32 Å². The minimum absolute atomic E-state index is 0.397. The van der Waals surface area contributed by atoms with E-state index < -0.39 is 0 Å². The van der Waals surface area contributed by atoms with Crippen molar-refractivity contribution >= 4 is 23.1 Å². The van der Waals surface area contributed by atoms with Crippen molar-refractivity contribution in [3.8, 4) is 0 Å². The zero-order valence-corrected chi connectivity index (χ0v) is 11.9. The maximum absolute atomic E-state index is 4.57. The third-order valence-electron chi connectivity index (χ3n) is 3.38. The molecule has 1 aliphatic rings. The van der Waals surface area contributed by atoms with Gasteiger partial charge in [0, 0.05) is 28.3 Å². The first-order chi connectivity index (χ1) is 7.64. The van der Waals surface area contributed by atoms with Crippen molar-refractivity contribution in [2.75, 3.05) is 12.8 Å². The summed E-state index contributed by atoms with van der Waals surface area (Å²) in [6.07, 6.45) is 3.75. The Balaban J connectivity index is 2.05. The fourth-order valence-corrected chi connectivity index (χ4v) is 4.63. The van der Waals surface area contributed by atoms with Crippen molar-refractivity contribution in [2.45, 2.75) is 43.9 Å². The fraction of sp³-hybridized carbons (Fsp3) is 0.750. The Hall–Kier alpha value is -0.0600. The van der Waals surface area contributed by atoms with E-state index in [-0.39, 0.29) is 0 Å². The van der Waals surface area contributed by atoms with Crippen LogP contribution in [0.5, 0.6) is 0 Å². The predicted octanol–water partition coefficient (Wildman–Crippen LogP) is 2.87. The molecule has 2 unspecified atom stereocenters. The zero-order valence-electron chi connectivity index (χ0n) is 10.2. The SMILES string of the molecule is CNC(Cc1nc(C)cs1)C1(C)CCCS1. The second-order valence-corrected chi connectivity index (χ2v) is 7.26. The number of hydrogen-bond donors (Lipinski definition) is 1. The van der Waals surface area contributed by atoms with Gasteiger partial charge in [-0.15, -0.1) is 11.3 Å². The first kappa shape index (κ1) is 12.4. The summed E-state index contributed by atoms with van der Waals surface area (Å²) < 4.78 is 0.397. The van der Waals surface area contributed by atoms with E-state index in [2.05, 4.69) is 48.3 Å². The molecule has 1 saturated heterocycles. The third-order valence-corrected chi connectivity index (χ3v) is 6.01. The van der Waals surface area contributed by atoms with E-state index in [0.29, 0.717) is 10.8 Å². The lowest BCUT2D eigenvalue weighted by molar-refractivity contribution is 0.423. The van der Waals surface area contributed by atoms with Gasteiger partial charge in [-0.3, -0.25) is 0 Å². The van der Waals surface area contributed by atoms with E-state index in [4.69, 9.17) is 0 Å². The third kappa shape index (κ3) is 2.60. The lowest BCUT2D eigenvalue weighted by Crippen LogP contribution is -2.45. The van der Waals surface area contributed by atoms with Gasteiger partial charge in [0.15, 0.2) is 0 Å². The number of likely N-dealkylation sites (N-methyl/N-ethyl adjacent to an activating group) is 1. The number of aromatic nitrogens is 1. The quantitative estimate of drug-likeness (QED) is 0.896. The normalized spacial score (nSPS) is 27.2. The van der Waals surface area contributed by atoms with E-state index in [0.717, 1.165) is 12.1 Å². The molecule has 0 radical (unpaired) electrons. The molecule has 2 nitrogen and oxygen atoms in total. The van der Waals surface area contributed by atoms with Crippen LogP contribution in [-0.2, 0) is 6.42 Å². The van der Waals surface area contributed by atoms with Crippen LogP contribution in [0, 0.1) is 6.92 Å². The Kier molecular flexibility index (Phi) is 3.93. The second kappa shape index (κ2) is 5.07. The lowest BCUT2D eigenvalue weighted by atomic mass is 9.94. The summed E-state index contributed by atoms with van der Waals surface area (Å²) >= 11 is 3.91. The molecule has 0 amide bonds. The summed E-state index contributed by atoms with van der Waals surface area (Å²) in [6, 6.07) is 0.547. The highest BCUT2D eigenvalue weighted by atomic mass is 32.2. The molecule has 4 heteroatoms. The van der Waals surface area contributed by atoms with Gasteiger partial charge in [0.2, 0.25) is 0 Å². The fourth-order valence-electron chi connectivity index (χ4n) is 2.37. The maximum Gasteiger partial charge on any atom is 0.0944 e. The standard InChI is InChI=1S/C12H20N2S2/c1-9-8-15-11(14-9)7-10(13-3)12(2)5-4-6-16-12/h8,10,13H,4-7H2,1-3H3. The van der Waals surface area contributed by atoms with Crippen molar-refractivity contribution in [2.24, 2.45) is 0 Å². The highest BCUT2D eigenvalue weighted by Gasteiger charge is 2.37. The number of nitrogens with one attached hydrogen (secondary N) is 1. The Morgan fingerprint density at radius 1 is 1.62 bits per heavy atom. The molecule has 0 aromatic carbocycles. The molecule has 90 valence electrons. The molecule has 1 fully saturated rings. The topological polar surface area (TPSA) is 24.9 Å². The smallest absolute Gasteiger partial charge is 0.0944 e. The van der Waals surface area contributed by atoms with Crippen LogP contribution in [-0.4, -0.2) is 28.6 Å². The van der Waals surface area contributed by atoms with Crippen molar-refractivity contribution in [1.82, 2.24) is 10.3 Å². The molecular formula is C12H20N2S2. The Labute approximate surface area is 106 Å². The number of rotatable bonds is 4. The van der Waals surface area contributed by atoms with Crippen LogP contribution in [0.15, 0.2) is 5.38 Å². The van der Waals surface area contributed by atoms with E-state index in [1.54, 1.807) is 11.3 Å². The number of nitrogens with zero attached hydrogens (tertiary/aromatic N) is 1. The second-order valence-electron chi connectivity index (χ2n) is 4.69. The molecule has 2 heterocycles. The highest BCUT2D eigenvalue weighted by molar-refractivity contribution is 8.00. The molecule has 0 saturated carbocycles. The molecule has 1 aromatic rings. The van der Waals surface area contributed by atoms with Crippen molar-refractivity contribution in [3.05, 3.63) is 16.1 Å². The summed E-state index contributed by atoms with van der Waals surface area (Å²) in [4.78, 5) is 4.57. The van der Waals surface area contributed by atoms with Crippen molar-refractivity contribution in [1.29, 1.82) is 0 Å². The van der Waals surface area contributed by atoms with Gasteiger partial charge in [0.25, 0.3) is 0 Å². The molecule has 2 atom stereocenters. The van der Waals surface area contributed by atoms with Crippen LogP contribution < -0.4 is 5.32 Å². The number of aryl methyl sites for hydroxylation is 1. The summed E-state index contributed by atoms with van der Waals surface area (Å²) in [5.74, 6) is 1.31. The molecule has 0 spiro atoms. The van der Waals surface area contributed by atoms with Gasteiger partial charge in [-0.1, -0.05) is 0 Å². The number of thiazole rings is 1. The van der Waals surface area contributed by atoms with Gasteiger partial charge >= 0.3 is 0 Å². The molecule has 0 bridgehead atoms. The molecule has 2 rings (SSSR count). The van der Waals surface area contributed by atoms with Gasteiger partial charge in [-0.25, -0.2) is 4.98 Å². The Morgan fingerprint density at radius 2 is 2.44 bits per heavy atom. The molecular weight excluding hydrogens is 236 g/mol. The Bertz CT molecular complexity index is 343. The summed E-state index contributed by atoms with van der Waals surface area (Å²) in [6.45, 7) is 4.46. The van der Waals surface area contributed by atoms with E-state index in [9.17, 15) is 0 Å². The molecule has 1 N–H and O–H groups in total. The van der Waals surface area contributed by atoms with E-state index in [1.165, 1.54) is 23.6 Å². The van der Waals surface area contributed by atoms with E-state index in [1.807, 2.05) is 0 Å². The van der Waals surface area contributed by atoms with Crippen molar-refractivity contribution < 1.29 is 0 Å². The maximum atomic E-state index is 4.57. The van der Waals surface area contributed by atoms with Crippen molar-refractivity contribution in [3.63, 3.8) is 0 Å². The monoisotopic (exact) mass is 256 g/mol. The average Bonchev–Trinajstić information content (AvgIpc) is 2.85. The summed E-state index contributed by atoms with van der Waals surface area (Å²) in [7, 11) is 2.08. The largest absolute Gasteiger partial charge is 0.315 e. The molecule has 0 aliphatic carbocycles. The lowest BCUT2D eigenvalue weighted by Gasteiger charge is -2.32. The van der Waals surface area contributed by atoms with Crippen LogP contribution >= 0.6 is 23.1 Å².